The Morgan fingerprint density at radius 2 is 2.53 bits per heavy atom. The highest BCUT2D eigenvalue weighted by molar-refractivity contribution is 4.93. The zero-order chi connectivity index (χ0) is 10.7. The maximum Gasteiger partial charge on any atom is 0.122 e. The van der Waals surface area contributed by atoms with E-state index >= 15 is 0 Å². The smallest absolute Gasteiger partial charge is 0.122 e. The molecular weight excluding hydrogens is 188 g/mol. The van der Waals surface area contributed by atoms with E-state index in [1.54, 1.807) is 0 Å². The van der Waals surface area contributed by atoms with Crippen LogP contribution in [0.5, 0.6) is 0 Å². The summed E-state index contributed by atoms with van der Waals surface area (Å²) in [6.45, 7) is 6.38. The topological polar surface area (TPSA) is 33.1 Å². The molecule has 0 amide bonds. The third kappa shape index (κ3) is 2.38. The zero-order valence-corrected chi connectivity index (χ0v) is 9.61. The molecule has 1 N–H and O–H groups in total. The number of rotatable bonds is 4. The molecule has 0 saturated carbocycles. The number of aryl methyl sites for hydroxylation is 1. The summed E-state index contributed by atoms with van der Waals surface area (Å²) in [7, 11) is 2.19. The van der Waals surface area contributed by atoms with Gasteiger partial charge < -0.3 is 9.88 Å². The molecule has 4 heteroatoms. The fourth-order valence-corrected chi connectivity index (χ4v) is 2.15. The van der Waals surface area contributed by atoms with Crippen molar-refractivity contribution in [1.82, 2.24) is 19.8 Å². The van der Waals surface area contributed by atoms with Crippen molar-refractivity contribution in [3.63, 3.8) is 0 Å². The molecule has 84 valence electrons. The summed E-state index contributed by atoms with van der Waals surface area (Å²) < 4.78 is 2.21. The lowest BCUT2D eigenvalue weighted by Crippen LogP contribution is -2.33. The predicted molar refractivity (Wildman–Crippen MR) is 60.6 cm³/mol. The molecule has 0 spiro atoms. The summed E-state index contributed by atoms with van der Waals surface area (Å²) in [6.07, 6.45) is 5.19. The van der Waals surface area contributed by atoms with Gasteiger partial charge in [0.15, 0.2) is 0 Å². The van der Waals surface area contributed by atoms with Crippen molar-refractivity contribution in [2.45, 2.75) is 32.5 Å². The summed E-state index contributed by atoms with van der Waals surface area (Å²) in [6, 6.07) is 0.673. The van der Waals surface area contributed by atoms with Crippen molar-refractivity contribution in [2.24, 2.45) is 0 Å². The fraction of sp³-hybridized carbons (Fsp3) is 0.727. The highest BCUT2D eigenvalue weighted by Crippen LogP contribution is 2.10. The van der Waals surface area contributed by atoms with E-state index in [0.29, 0.717) is 6.04 Å². The molecule has 1 aromatic heterocycles. The highest BCUT2D eigenvalue weighted by atomic mass is 15.2. The van der Waals surface area contributed by atoms with Crippen LogP contribution in [-0.4, -0.2) is 40.6 Å². The van der Waals surface area contributed by atoms with E-state index < -0.39 is 0 Å². The minimum Gasteiger partial charge on any atom is -0.334 e. The number of likely N-dealkylation sites (N-methyl/N-ethyl adjacent to an activating group) is 1. The van der Waals surface area contributed by atoms with Crippen LogP contribution in [0.3, 0.4) is 0 Å². The van der Waals surface area contributed by atoms with Crippen LogP contribution in [0, 0.1) is 0 Å². The van der Waals surface area contributed by atoms with E-state index in [2.05, 4.69) is 39.9 Å². The van der Waals surface area contributed by atoms with Crippen LogP contribution in [-0.2, 0) is 13.1 Å². The van der Waals surface area contributed by atoms with Crippen LogP contribution < -0.4 is 5.32 Å². The Labute approximate surface area is 91.3 Å². The number of nitrogens with zero attached hydrogens (tertiary/aromatic N) is 3. The molecule has 0 radical (unpaired) electrons. The van der Waals surface area contributed by atoms with Crippen LogP contribution >= 0.6 is 0 Å². The third-order valence-electron chi connectivity index (χ3n) is 3.19. The summed E-state index contributed by atoms with van der Waals surface area (Å²) in [5, 5.41) is 3.39. The molecule has 1 atom stereocenters. The first-order valence-electron chi connectivity index (χ1n) is 5.72. The SMILES string of the molecule is CCn1ccnc1CN(C)C1CCNC1. The lowest BCUT2D eigenvalue weighted by molar-refractivity contribution is 0.240. The van der Waals surface area contributed by atoms with Gasteiger partial charge in [-0.2, -0.15) is 0 Å². The first-order chi connectivity index (χ1) is 7.31. The lowest BCUT2D eigenvalue weighted by atomic mass is 10.2. The number of nitrogens with one attached hydrogen (secondary N) is 1. The van der Waals surface area contributed by atoms with E-state index in [1.165, 1.54) is 12.2 Å². The molecule has 1 aliphatic rings. The van der Waals surface area contributed by atoms with Gasteiger partial charge in [0.2, 0.25) is 0 Å². The highest BCUT2D eigenvalue weighted by Gasteiger charge is 2.20. The molecule has 1 saturated heterocycles. The average Bonchev–Trinajstić information content (AvgIpc) is 2.87. The van der Waals surface area contributed by atoms with Crippen LogP contribution in [0.4, 0.5) is 0 Å². The normalized spacial score (nSPS) is 21.4. The molecule has 1 aliphatic heterocycles. The van der Waals surface area contributed by atoms with Crippen LogP contribution in [0.1, 0.15) is 19.2 Å². The number of aromatic nitrogens is 2. The van der Waals surface area contributed by atoms with Gasteiger partial charge in [0.05, 0.1) is 6.54 Å². The summed E-state index contributed by atoms with van der Waals surface area (Å²) in [5.41, 5.74) is 0. The minimum atomic E-state index is 0.673. The summed E-state index contributed by atoms with van der Waals surface area (Å²) in [5.74, 6) is 1.17. The predicted octanol–water partition coefficient (Wildman–Crippen LogP) is 0.697. The number of imidazole rings is 1. The number of hydrogen-bond acceptors (Lipinski definition) is 3. The lowest BCUT2D eigenvalue weighted by Gasteiger charge is -2.23. The van der Waals surface area contributed by atoms with Gasteiger partial charge in [0.1, 0.15) is 5.82 Å². The second-order valence-corrected chi connectivity index (χ2v) is 4.19. The molecule has 2 rings (SSSR count). The van der Waals surface area contributed by atoms with E-state index in [1.807, 2.05) is 6.20 Å². The molecule has 4 nitrogen and oxygen atoms in total. The first kappa shape index (κ1) is 10.6. The Kier molecular flexibility index (Phi) is 3.38. The van der Waals surface area contributed by atoms with Crippen molar-refractivity contribution in [2.75, 3.05) is 20.1 Å². The Morgan fingerprint density at radius 1 is 1.67 bits per heavy atom. The second kappa shape index (κ2) is 4.77. The van der Waals surface area contributed by atoms with Crippen LogP contribution in [0.15, 0.2) is 12.4 Å². The Bertz CT molecular complexity index is 301. The fourth-order valence-electron chi connectivity index (χ4n) is 2.15. The Morgan fingerprint density at radius 3 is 3.20 bits per heavy atom. The molecule has 1 fully saturated rings. The molecule has 1 unspecified atom stereocenters. The first-order valence-corrected chi connectivity index (χ1v) is 5.72. The van der Waals surface area contributed by atoms with Crippen molar-refractivity contribution in [3.05, 3.63) is 18.2 Å². The molecular formula is C11H20N4. The average molecular weight is 208 g/mol. The molecule has 15 heavy (non-hydrogen) atoms. The van der Waals surface area contributed by atoms with Gasteiger partial charge in [-0.25, -0.2) is 4.98 Å². The van der Waals surface area contributed by atoms with Crippen molar-refractivity contribution in [3.8, 4) is 0 Å². The monoisotopic (exact) mass is 208 g/mol. The largest absolute Gasteiger partial charge is 0.334 e. The molecule has 1 aromatic rings. The molecule has 2 heterocycles. The summed E-state index contributed by atoms with van der Waals surface area (Å²) in [4.78, 5) is 6.80. The Hall–Kier alpha value is -0.870. The van der Waals surface area contributed by atoms with Gasteiger partial charge in [0, 0.05) is 31.5 Å². The Balaban J connectivity index is 1.95. The minimum absolute atomic E-state index is 0.673. The van der Waals surface area contributed by atoms with Gasteiger partial charge in [-0.15, -0.1) is 0 Å². The van der Waals surface area contributed by atoms with Crippen LogP contribution in [0.25, 0.3) is 0 Å². The number of hydrogen-bond donors (Lipinski definition) is 1. The van der Waals surface area contributed by atoms with Gasteiger partial charge in [-0.3, -0.25) is 4.90 Å². The van der Waals surface area contributed by atoms with Crippen molar-refractivity contribution < 1.29 is 0 Å². The molecule has 0 aliphatic carbocycles. The second-order valence-electron chi connectivity index (χ2n) is 4.19. The van der Waals surface area contributed by atoms with Crippen molar-refractivity contribution in [1.29, 1.82) is 0 Å². The standard InChI is InChI=1S/C11H20N4/c1-3-15-7-6-13-11(15)9-14(2)10-4-5-12-8-10/h6-7,10,12H,3-5,8-9H2,1-2H3. The third-order valence-corrected chi connectivity index (χ3v) is 3.19. The molecule has 0 aromatic carbocycles. The van der Waals surface area contributed by atoms with Crippen LogP contribution in [0.2, 0.25) is 0 Å². The van der Waals surface area contributed by atoms with E-state index in [0.717, 1.165) is 26.2 Å². The van der Waals surface area contributed by atoms with E-state index in [-0.39, 0.29) is 0 Å². The zero-order valence-electron chi connectivity index (χ0n) is 9.61. The van der Waals surface area contributed by atoms with E-state index in [9.17, 15) is 0 Å². The quantitative estimate of drug-likeness (QED) is 0.790. The maximum absolute atomic E-state index is 4.40. The van der Waals surface area contributed by atoms with E-state index in [4.69, 9.17) is 0 Å². The van der Waals surface area contributed by atoms with Gasteiger partial charge >= 0.3 is 0 Å². The maximum atomic E-state index is 4.40. The van der Waals surface area contributed by atoms with Gasteiger partial charge in [0.25, 0.3) is 0 Å². The summed E-state index contributed by atoms with van der Waals surface area (Å²) >= 11 is 0. The molecule has 0 bridgehead atoms. The van der Waals surface area contributed by atoms with Gasteiger partial charge in [-0.05, 0) is 26.9 Å². The van der Waals surface area contributed by atoms with Crippen molar-refractivity contribution >= 4 is 0 Å². The van der Waals surface area contributed by atoms with Gasteiger partial charge in [-0.1, -0.05) is 0 Å².